The Morgan fingerprint density at radius 1 is 1.11 bits per heavy atom. The van der Waals surface area contributed by atoms with Gasteiger partial charge in [-0.1, -0.05) is 20.8 Å². The second kappa shape index (κ2) is 5.56. The summed E-state index contributed by atoms with van der Waals surface area (Å²) in [6.45, 7) is 7.75. The van der Waals surface area contributed by atoms with Crippen LogP contribution in [-0.2, 0) is 20.4 Å². The molecule has 0 radical (unpaired) electrons. The van der Waals surface area contributed by atoms with Gasteiger partial charge in [-0.3, -0.25) is 4.79 Å². The van der Waals surface area contributed by atoms with Crippen molar-refractivity contribution in [2.75, 3.05) is 27.1 Å². The number of rotatable bonds is 4. The van der Waals surface area contributed by atoms with Crippen LogP contribution in [0.5, 0.6) is 11.5 Å². The number of nitrogens with one attached hydrogen (secondary N) is 1. The number of carbonyl (C=O) groups is 1. The molecule has 7 heteroatoms. The van der Waals surface area contributed by atoms with E-state index in [-0.39, 0.29) is 23.5 Å². The van der Waals surface area contributed by atoms with Crippen molar-refractivity contribution in [3.05, 3.63) is 23.5 Å². The van der Waals surface area contributed by atoms with Crippen molar-refractivity contribution in [3.8, 4) is 11.5 Å². The van der Waals surface area contributed by atoms with E-state index >= 15 is 0 Å². The van der Waals surface area contributed by atoms with Crippen LogP contribution in [0.3, 0.4) is 0 Å². The molecule has 3 aliphatic rings. The maximum atomic E-state index is 13.5. The SMILES string of the molecule is COCCNC(=O)C12CCC(C)(c3nc4cc5c(cc4nc31)OCO5)C2(C)C. The Bertz CT molecular complexity index is 1000. The molecule has 1 aromatic heterocycles. The lowest BCUT2D eigenvalue weighted by Crippen LogP contribution is -2.51. The van der Waals surface area contributed by atoms with Crippen molar-refractivity contribution in [2.24, 2.45) is 5.41 Å². The van der Waals surface area contributed by atoms with Crippen molar-refractivity contribution < 1.29 is 19.0 Å². The molecule has 7 nitrogen and oxygen atoms in total. The lowest BCUT2D eigenvalue weighted by molar-refractivity contribution is -0.130. The summed E-state index contributed by atoms with van der Waals surface area (Å²) in [4.78, 5) is 23.5. The molecule has 0 saturated heterocycles. The van der Waals surface area contributed by atoms with Crippen molar-refractivity contribution in [3.63, 3.8) is 0 Å². The molecular weight excluding hydrogens is 358 g/mol. The molecule has 1 aliphatic heterocycles. The number of nitrogens with zero attached hydrogens (tertiary/aromatic N) is 2. The minimum atomic E-state index is -0.692. The van der Waals surface area contributed by atoms with Gasteiger partial charge in [0.05, 0.1) is 34.4 Å². The van der Waals surface area contributed by atoms with Crippen LogP contribution >= 0.6 is 0 Å². The minimum Gasteiger partial charge on any atom is -0.454 e. The third-order valence-corrected chi connectivity index (χ3v) is 7.51. The Kier molecular flexibility index (Phi) is 3.51. The van der Waals surface area contributed by atoms with Crippen LogP contribution in [0.2, 0.25) is 0 Å². The third kappa shape index (κ3) is 1.90. The summed E-state index contributed by atoms with van der Waals surface area (Å²) in [7, 11) is 1.63. The van der Waals surface area contributed by atoms with Gasteiger partial charge in [-0.15, -0.1) is 0 Å². The van der Waals surface area contributed by atoms with E-state index in [1.54, 1.807) is 7.11 Å². The van der Waals surface area contributed by atoms with E-state index in [0.717, 1.165) is 35.3 Å². The Morgan fingerprint density at radius 2 is 1.75 bits per heavy atom. The van der Waals surface area contributed by atoms with Crippen LogP contribution < -0.4 is 14.8 Å². The first-order chi connectivity index (χ1) is 13.3. The van der Waals surface area contributed by atoms with Gasteiger partial charge in [0.25, 0.3) is 0 Å². The zero-order valence-corrected chi connectivity index (χ0v) is 16.7. The number of fused-ring (bicyclic) bond motifs is 7. The van der Waals surface area contributed by atoms with E-state index < -0.39 is 5.41 Å². The highest BCUT2D eigenvalue weighted by Gasteiger charge is 2.73. The Morgan fingerprint density at radius 3 is 2.39 bits per heavy atom. The standard InChI is InChI=1S/C21H25N3O4/c1-19(2)20(3)5-6-21(19,18(25)22-7-8-26-4)17-16(20)23-12-9-14-15(28-11-27-14)10-13(12)24-17/h9-10H,5-8,11H2,1-4H3,(H,22,25). The lowest BCUT2D eigenvalue weighted by atomic mass is 9.63. The largest absolute Gasteiger partial charge is 0.454 e. The van der Waals surface area contributed by atoms with Crippen LogP contribution in [0.4, 0.5) is 0 Å². The van der Waals surface area contributed by atoms with Crippen molar-refractivity contribution in [1.82, 2.24) is 15.3 Å². The second-order valence-corrected chi connectivity index (χ2v) is 8.73. The van der Waals surface area contributed by atoms with Gasteiger partial charge in [-0.05, 0) is 18.3 Å². The number of methoxy groups -OCH3 is 1. The van der Waals surface area contributed by atoms with E-state index in [4.69, 9.17) is 24.2 Å². The van der Waals surface area contributed by atoms with E-state index in [1.807, 2.05) is 12.1 Å². The predicted molar refractivity (Wildman–Crippen MR) is 103 cm³/mol. The molecule has 1 amide bonds. The molecule has 1 aromatic carbocycles. The van der Waals surface area contributed by atoms with Gasteiger partial charge in [-0.2, -0.15) is 0 Å². The van der Waals surface area contributed by atoms with Gasteiger partial charge in [0.15, 0.2) is 11.5 Å². The molecule has 0 spiro atoms. The topological polar surface area (TPSA) is 82.6 Å². The van der Waals surface area contributed by atoms with Gasteiger partial charge in [-0.25, -0.2) is 9.97 Å². The molecule has 2 unspecified atom stereocenters. The number of ether oxygens (including phenoxy) is 3. The fraction of sp³-hybridized carbons (Fsp3) is 0.571. The molecule has 2 aromatic rings. The van der Waals surface area contributed by atoms with E-state index in [2.05, 4.69) is 26.1 Å². The summed E-state index contributed by atoms with van der Waals surface area (Å²) in [5.74, 6) is 1.39. The molecule has 1 saturated carbocycles. The summed E-state index contributed by atoms with van der Waals surface area (Å²) < 4.78 is 16.1. The zero-order valence-electron chi connectivity index (χ0n) is 16.7. The van der Waals surface area contributed by atoms with Crippen LogP contribution in [0.15, 0.2) is 12.1 Å². The highest BCUT2D eigenvalue weighted by atomic mass is 16.7. The molecule has 1 N–H and O–H groups in total. The molecule has 1 fully saturated rings. The summed E-state index contributed by atoms with van der Waals surface area (Å²) in [5.41, 5.74) is 2.07. The Labute approximate surface area is 163 Å². The quantitative estimate of drug-likeness (QED) is 0.817. The molecule has 148 valence electrons. The number of hydrogen-bond acceptors (Lipinski definition) is 6. The van der Waals surface area contributed by atoms with E-state index in [9.17, 15) is 4.79 Å². The van der Waals surface area contributed by atoms with Crippen molar-refractivity contribution in [2.45, 2.75) is 44.4 Å². The molecule has 5 rings (SSSR count). The first-order valence-corrected chi connectivity index (χ1v) is 9.75. The van der Waals surface area contributed by atoms with Crippen LogP contribution in [-0.4, -0.2) is 42.9 Å². The number of carbonyl (C=O) groups excluding carboxylic acids is 1. The van der Waals surface area contributed by atoms with Crippen molar-refractivity contribution >= 4 is 16.9 Å². The van der Waals surface area contributed by atoms with Gasteiger partial charge in [0, 0.05) is 31.2 Å². The molecular formula is C21H25N3O4. The van der Waals surface area contributed by atoms with Gasteiger partial charge in [0.2, 0.25) is 12.7 Å². The number of benzene rings is 1. The summed E-state index contributed by atoms with van der Waals surface area (Å²) in [6.07, 6.45) is 1.68. The second-order valence-electron chi connectivity index (χ2n) is 8.73. The Balaban J connectivity index is 1.70. The van der Waals surface area contributed by atoms with Gasteiger partial charge >= 0.3 is 0 Å². The molecule has 28 heavy (non-hydrogen) atoms. The van der Waals surface area contributed by atoms with E-state index in [1.165, 1.54) is 0 Å². The van der Waals surface area contributed by atoms with Crippen molar-refractivity contribution in [1.29, 1.82) is 0 Å². The van der Waals surface area contributed by atoms with Crippen LogP contribution in [0.1, 0.15) is 45.0 Å². The normalized spacial score (nSPS) is 28.6. The minimum absolute atomic E-state index is 0.0198. The first kappa shape index (κ1) is 17.7. The zero-order chi connectivity index (χ0) is 19.7. The van der Waals surface area contributed by atoms with Gasteiger partial charge in [0.1, 0.15) is 0 Å². The number of hydrogen-bond donors (Lipinski definition) is 1. The fourth-order valence-corrected chi connectivity index (χ4v) is 5.41. The summed E-state index contributed by atoms with van der Waals surface area (Å²) in [5, 5.41) is 3.07. The molecule has 2 heterocycles. The fourth-order valence-electron chi connectivity index (χ4n) is 5.41. The smallest absolute Gasteiger partial charge is 0.232 e. The van der Waals surface area contributed by atoms with Gasteiger partial charge < -0.3 is 19.5 Å². The summed E-state index contributed by atoms with van der Waals surface area (Å²) >= 11 is 0. The highest BCUT2D eigenvalue weighted by molar-refractivity contribution is 5.93. The third-order valence-electron chi connectivity index (χ3n) is 7.51. The molecule has 2 atom stereocenters. The predicted octanol–water partition coefficient (Wildman–Crippen LogP) is 2.45. The summed E-state index contributed by atoms with van der Waals surface area (Å²) in [6, 6.07) is 3.75. The lowest BCUT2D eigenvalue weighted by Gasteiger charge is -2.39. The average molecular weight is 383 g/mol. The maximum Gasteiger partial charge on any atom is 0.232 e. The first-order valence-electron chi connectivity index (χ1n) is 9.75. The maximum absolute atomic E-state index is 13.5. The van der Waals surface area contributed by atoms with Crippen LogP contribution in [0.25, 0.3) is 11.0 Å². The monoisotopic (exact) mass is 383 g/mol. The molecule has 2 bridgehead atoms. The molecule has 2 aliphatic carbocycles. The van der Waals surface area contributed by atoms with Crippen LogP contribution in [0, 0.1) is 5.41 Å². The number of amides is 1. The van der Waals surface area contributed by atoms with E-state index in [0.29, 0.717) is 24.7 Å². The average Bonchev–Trinajstić information content (AvgIpc) is 3.24. The Hall–Kier alpha value is -2.41. The highest BCUT2D eigenvalue weighted by Crippen LogP contribution is 2.70. The number of aromatic nitrogens is 2.